The molecule has 5 aliphatic rings. The summed E-state index contributed by atoms with van der Waals surface area (Å²) in [6.07, 6.45) is 2.15. The molecule has 0 bridgehead atoms. The molecule has 1 aromatic rings. The minimum atomic E-state index is -3.98. The molecule has 236 valence electrons. The fourth-order valence-electron chi connectivity index (χ4n) is 9.88. The standard InChI is InChI=1S/C31H45N5O6S/c1-16-11-12-23-29(3,4)26(34-35-28(32)39)21(36-43(40,41)18-9-7-6-8-10-18)15-31(23)30(16,5)14-20-22(37)13-19-24(25(20)42-31)17(2)33-27(19)38/h6-10,16-17,19-25,36-37H,11-15H2,1-5H3,(H,33,38)(H3,32,35,39). The van der Waals surface area contributed by atoms with Crippen molar-refractivity contribution in [3.05, 3.63) is 30.3 Å². The number of carbonyl (C=O) groups excluding carboxylic acids is 2. The molecule has 2 aliphatic heterocycles. The van der Waals surface area contributed by atoms with Gasteiger partial charge in [0, 0.05) is 29.2 Å². The summed E-state index contributed by atoms with van der Waals surface area (Å²) in [5, 5.41) is 18.9. The Balaban J connectivity index is 1.49. The number of aliphatic hydroxyl groups excluding tert-OH is 1. The molecule has 5 fully saturated rings. The number of rotatable bonds is 4. The van der Waals surface area contributed by atoms with Crippen LogP contribution in [0.25, 0.3) is 0 Å². The van der Waals surface area contributed by atoms with Gasteiger partial charge in [-0.25, -0.2) is 23.4 Å². The van der Waals surface area contributed by atoms with Crippen molar-refractivity contribution in [1.29, 1.82) is 0 Å². The van der Waals surface area contributed by atoms with E-state index >= 15 is 0 Å². The van der Waals surface area contributed by atoms with Gasteiger partial charge in [0.25, 0.3) is 0 Å². The Morgan fingerprint density at radius 2 is 1.84 bits per heavy atom. The van der Waals surface area contributed by atoms with Gasteiger partial charge in [0.15, 0.2) is 0 Å². The van der Waals surface area contributed by atoms with Gasteiger partial charge in [0.2, 0.25) is 15.9 Å². The maximum atomic E-state index is 13.8. The zero-order chi connectivity index (χ0) is 31.1. The predicted molar refractivity (Wildman–Crippen MR) is 160 cm³/mol. The van der Waals surface area contributed by atoms with Crippen LogP contribution in [0.15, 0.2) is 40.3 Å². The lowest BCUT2D eigenvalue weighted by molar-refractivity contribution is -0.321. The van der Waals surface area contributed by atoms with Gasteiger partial charge in [0.1, 0.15) is 0 Å². The van der Waals surface area contributed by atoms with E-state index in [0.29, 0.717) is 25.0 Å². The third-order valence-electron chi connectivity index (χ3n) is 12.1. The molecule has 43 heavy (non-hydrogen) atoms. The average Bonchev–Trinajstić information content (AvgIpc) is 3.21. The first-order valence-electron chi connectivity index (χ1n) is 15.5. The molecule has 3 saturated carbocycles. The number of carbonyl (C=O) groups is 2. The Morgan fingerprint density at radius 3 is 2.51 bits per heavy atom. The number of nitrogens with one attached hydrogen (secondary N) is 3. The Bertz CT molecular complexity index is 1430. The summed E-state index contributed by atoms with van der Waals surface area (Å²) in [6, 6.07) is 6.44. The van der Waals surface area contributed by atoms with E-state index < -0.39 is 44.6 Å². The van der Waals surface area contributed by atoms with Crippen LogP contribution in [0.5, 0.6) is 0 Å². The van der Waals surface area contributed by atoms with Crippen LogP contribution in [-0.2, 0) is 19.6 Å². The molecule has 2 heterocycles. The van der Waals surface area contributed by atoms with E-state index in [1.807, 2.05) is 20.8 Å². The zero-order valence-electron chi connectivity index (χ0n) is 25.5. The van der Waals surface area contributed by atoms with Crippen LogP contribution in [0, 0.1) is 40.4 Å². The highest BCUT2D eigenvalue weighted by atomic mass is 32.2. The molecular formula is C31H45N5O6S. The molecule has 1 aromatic carbocycles. The molecule has 11 atom stereocenters. The normalized spacial score (nSPS) is 44.4. The van der Waals surface area contributed by atoms with Crippen molar-refractivity contribution < 1.29 is 27.9 Å². The number of ether oxygens (including phenoxy) is 1. The molecule has 11 nitrogen and oxygen atoms in total. The van der Waals surface area contributed by atoms with Gasteiger partial charge in [-0.05, 0) is 68.4 Å². The Kier molecular flexibility index (Phi) is 7.27. The topological polar surface area (TPSA) is 172 Å². The van der Waals surface area contributed by atoms with Gasteiger partial charge in [-0.1, -0.05) is 45.9 Å². The highest BCUT2D eigenvalue weighted by Crippen LogP contribution is 2.68. The highest BCUT2D eigenvalue weighted by Gasteiger charge is 2.72. The van der Waals surface area contributed by atoms with Crippen LogP contribution in [0.2, 0.25) is 0 Å². The number of hydrogen-bond acceptors (Lipinski definition) is 7. The molecule has 6 N–H and O–H groups in total. The fraction of sp³-hybridized carbons (Fsp3) is 0.710. The largest absolute Gasteiger partial charge is 0.393 e. The van der Waals surface area contributed by atoms with Gasteiger partial charge in [-0.3, -0.25) is 4.79 Å². The summed E-state index contributed by atoms with van der Waals surface area (Å²) in [6.45, 7) is 10.6. The van der Waals surface area contributed by atoms with Gasteiger partial charge in [-0.2, -0.15) is 5.10 Å². The van der Waals surface area contributed by atoms with Crippen LogP contribution in [0.3, 0.4) is 0 Å². The van der Waals surface area contributed by atoms with E-state index in [9.17, 15) is 23.1 Å². The quantitative estimate of drug-likeness (QED) is 0.326. The number of aliphatic hydroxyl groups is 1. The molecule has 2 saturated heterocycles. The SMILES string of the molecule is CC1NC(=O)C2CC(O)C3CC4(C)C(C)CCC5C(C)(C)C(=NNC(N)=O)C(NS(=O)(=O)c6ccccc6)CC54OC3C12. The number of fused-ring (bicyclic) bond motifs is 3. The van der Waals surface area contributed by atoms with Gasteiger partial charge < -0.3 is 20.9 Å². The molecule has 0 aromatic heterocycles. The second kappa shape index (κ2) is 10.3. The summed E-state index contributed by atoms with van der Waals surface area (Å²) in [5.74, 6) is -0.435. The monoisotopic (exact) mass is 615 g/mol. The zero-order valence-corrected chi connectivity index (χ0v) is 26.4. The van der Waals surface area contributed by atoms with Crippen molar-refractivity contribution in [2.75, 3.05) is 0 Å². The third-order valence-corrected chi connectivity index (χ3v) is 13.5. The van der Waals surface area contributed by atoms with Crippen molar-refractivity contribution >= 4 is 27.7 Å². The summed E-state index contributed by atoms with van der Waals surface area (Å²) in [7, 11) is -3.98. The maximum absolute atomic E-state index is 13.8. The van der Waals surface area contributed by atoms with Crippen LogP contribution >= 0.6 is 0 Å². The van der Waals surface area contributed by atoms with E-state index in [1.165, 1.54) is 0 Å². The van der Waals surface area contributed by atoms with E-state index in [4.69, 9.17) is 10.5 Å². The lowest BCUT2D eigenvalue weighted by Gasteiger charge is -2.70. The van der Waals surface area contributed by atoms with Crippen molar-refractivity contribution in [1.82, 2.24) is 15.5 Å². The first kappa shape index (κ1) is 30.5. The van der Waals surface area contributed by atoms with E-state index in [0.717, 1.165) is 12.8 Å². The van der Waals surface area contributed by atoms with Gasteiger partial charge >= 0.3 is 6.03 Å². The minimum absolute atomic E-state index is 0.0394. The lowest BCUT2D eigenvalue weighted by Crippen LogP contribution is -2.75. The summed E-state index contributed by atoms with van der Waals surface area (Å²) >= 11 is 0. The second-order valence-corrected chi connectivity index (χ2v) is 16.2. The number of primary amides is 1. The number of amides is 3. The average molecular weight is 616 g/mol. The smallest absolute Gasteiger partial charge is 0.332 e. The number of nitrogens with two attached hydrogens (primary N) is 1. The number of hydrogen-bond donors (Lipinski definition) is 5. The Labute approximate surface area is 253 Å². The predicted octanol–water partition coefficient (Wildman–Crippen LogP) is 2.50. The molecule has 12 heteroatoms. The van der Waals surface area contributed by atoms with Crippen molar-refractivity contribution in [3.63, 3.8) is 0 Å². The Hall–Kier alpha value is -2.54. The number of benzene rings is 1. The van der Waals surface area contributed by atoms with Gasteiger partial charge in [-0.15, -0.1) is 0 Å². The van der Waals surface area contributed by atoms with E-state index in [1.54, 1.807) is 30.3 Å². The fourth-order valence-corrected chi connectivity index (χ4v) is 11.1. The molecule has 3 aliphatic carbocycles. The lowest BCUT2D eigenvalue weighted by atomic mass is 9.41. The summed E-state index contributed by atoms with van der Waals surface area (Å²) in [5.41, 5.74) is 6.39. The second-order valence-electron chi connectivity index (χ2n) is 14.5. The van der Waals surface area contributed by atoms with Crippen LogP contribution < -0.4 is 21.2 Å². The molecule has 1 spiro atoms. The van der Waals surface area contributed by atoms with Crippen LogP contribution in [0.1, 0.15) is 66.7 Å². The van der Waals surface area contributed by atoms with E-state index in [2.05, 4.69) is 34.4 Å². The van der Waals surface area contributed by atoms with Crippen molar-refractivity contribution in [2.45, 2.75) is 102 Å². The number of nitrogens with zero attached hydrogens (tertiary/aromatic N) is 1. The third kappa shape index (κ3) is 4.54. The van der Waals surface area contributed by atoms with Crippen LogP contribution in [0.4, 0.5) is 4.79 Å². The maximum Gasteiger partial charge on any atom is 0.332 e. The molecule has 6 rings (SSSR count). The first-order chi connectivity index (χ1) is 20.1. The molecule has 11 unspecified atom stereocenters. The molecular weight excluding hydrogens is 570 g/mol. The number of sulfonamides is 1. The minimum Gasteiger partial charge on any atom is -0.393 e. The summed E-state index contributed by atoms with van der Waals surface area (Å²) < 4.78 is 37.9. The molecule has 3 amide bonds. The Morgan fingerprint density at radius 1 is 1.14 bits per heavy atom. The van der Waals surface area contributed by atoms with Crippen molar-refractivity contribution in [2.24, 2.45) is 51.3 Å². The van der Waals surface area contributed by atoms with Gasteiger partial charge in [0.05, 0.1) is 34.5 Å². The van der Waals surface area contributed by atoms with E-state index in [-0.39, 0.29) is 52.5 Å². The summed E-state index contributed by atoms with van der Waals surface area (Å²) in [4.78, 5) is 24.9. The van der Waals surface area contributed by atoms with Crippen molar-refractivity contribution in [3.8, 4) is 0 Å². The van der Waals surface area contributed by atoms with Crippen LogP contribution in [-0.4, -0.2) is 61.1 Å². The number of hydrazone groups is 1. The molecule has 0 radical (unpaired) electrons. The number of urea groups is 1. The highest BCUT2D eigenvalue weighted by molar-refractivity contribution is 7.89. The first-order valence-corrected chi connectivity index (χ1v) is 17.0.